The van der Waals surface area contributed by atoms with Gasteiger partial charge in [0.2, 0.25) is 0 Å². The van der Waals surface area contributed by atoms with Crippen LogP contribution in [0.25, 0.3) is 6.08 Å². The van der Waals surface area contributed by atoms with E-state index in [1.165, 1.54) is 12.3 Å². The topological polar surface area (TPSA) is 69.9 Å². The fourth-order valence-electron chi connectivity index (χ4n) is 0.977. The first-order valence-electron chi connectivity index (χ1n) is 3.91. The van der Waals surface area contributed by atoms with Crippen molar-refractivity contribution in [2.24, 2.45) is 5.16 Å². The number of carbonyl (C=O) groups is 1. The average molecular weight is 191 g/mol. The fourth-order valence-corrected chi connectivity index (χ4v) is 0.977. The maximum Gasteiger partial charge on any atom is 0.328 e. The zero-order valence-electron chi connectivity index (χ0n) is 7.29. The highest BCUT2D eigenvalue weighted by Gasteiger charge is 1.91. The highest BCUT2D eigenvalue weighted by molar-refractivity contribution is 5.86. The summed E-state index contributed by atoms with van der Waals surface area (Å²) < 4.78 is 0. The molecule has 1 rings (SSSR count). The maximum atomic E-state index is 10.2. The zero-order valence-corrected chi connectivity index (χ0v) is 7.29. The molecule has 4 heteroatoms. The van der Waals surface area contributed by atoms with E-state index in [-0.39, 0.29) is 0 Å². The van der Waals surface area contributed by atoms with Crippen molar-refractivity contribution >= 4 is 18.3 Å². The zero-order chi connectivity index (χ0) is 10.4. The smallest absolute Gasteiger partial charge is 0.328 e. The summed E-state index contributed by atoms with van der Waals surface area (Å²) >= 11 is 0. The molecule has 0 aliphatic rings. The average Bonchev–Trinajstić information content (AvgIpc) is 2.16. The molecule has 2 N–H and O–H groups in total. The Morgan fingerprint density at radius 2 is 2.07 bits per heavy atom. The minimum absolute atomic E-state index is 0.708. The number of rotatable bonds is 3. The third-order valence-corrected chi connectivity index (χ3v) is 1.54. The summed E-state index contributed by atoms with van der Waals surface area (Å²) in [5.41, 5.74) is 1.45. The molecule has 0 saturated heterocycles. The molecule has 0 spiro atoms. The molecule has 0 amide bonds. The molecule has 0 aromatic heterocycles. The van der Waals surface area contributed by atoms with Crippen LogP contribution in [0.4, 0.5) is 0 Å². The molecule has 0 heterocycles. The Bertz CT molecular complexity index is 383. The van der Waals surface area contributed by atoms with E-state index >= 15 is 0 Å². The Morgan fingerprint density at radius 3 is 2.71 bits per heavy atom. The lowest BCUT2D eigenvalue weighted by atomic mass is 10.1. The van der Waals surface area contributed by atoms with Gasteiger partial charge < -0.3 is 10.3 Å². The van der Waals surface area contributed by atoms with E-state index in [9.17, 15) is 4.79 Å². The van der Waals surface area contributed by atoms with Crippen LogP contribution in [0.1, 0.15) is 11.1 Å². The number of oxime groups is 1. The third kappa shape index (κ3) is 3.10. The normalized spacial score (nSPS) is 11.1. The van der Waals surface area contributed by atoms with Crippen LogP contribution in [0.2, 0.25) is 0 Å². The van der Waals surface area contributed by atoms with Crippen LogP contribution < -0.4 is 0 Å². The predicted octanol–water partition coefficient (Wildman–Crippen LogP) is 1.59. The lowest BCUT2D eigenvalue weighted by molar-refractivity contribution is -0.131. The van der Waals surface area contributed by atoms with E-state index in [4.69, 9.17) is 10.3 Å². The fraction of sp³-hybridized carbons (Fsp3) is 0. The third-order valence-electron chi connectivity index (χ3n) is 1.54. The van der Waals surface area contributed by atoms with Gasteiger partial charge in [0.1, 0.15) is 0 Å². The van der Waals surface area contributed by atoms with Crippen molar-refractivity contribution in [1.29, 1.82) is 0 Å². The summed E-state index contributed by atoms with van der Waals surface area (Å²) in [5.74, 6) is -0.994. The SMILES string of the molecule is O=C(O)C=Cc1cccc(C=NO)c1. The summed E-state index contributed by atoms with van der Waals surface area (Å²) in [5, 5.41) is 19.6. The summed E-state index contributed by atoms with van der Waals surface area (Å²) in [4.78, 5) is 10.2. The van der Waals surface area contributed by atoms with Crippen LogP contribution in [0.3, 0.4) is 0 Å². The molecule has 0 radical (unpaired) electrons. The number of nitrogens with zero attached hydrogens (tertiary/aromatic N) is 1. The van der Waals surface area contributed by atoms with Gasteiger partial charge in [-0.3, -0.25) is 0 Å². The first kappa shape index (κ1) is 9.98. The van der Waals surface area contributed by atoms with Gasteiger partial charge in [-0.15, -0.1) is 0 Å². The molecule has 72 valence electrons. The summed E-state index contributed by atoms with van der Waals surface area (Å²) in [6.07, 6.45) is 3.80. The van der Waals surface area contributed by atoms with Crippen LogP contribution in [0.15, 0.2) is 35.5 Å². The van der Waals surface area contributed by atoms with Gasteiger partial charge in [-0.05, 0) is 23.3 Å². The lowest BCUT2D eigenvalue weighted by Gasteiger charge is -1.94. The van der Waals surface area contributed by atoms with Crippen molar-refractivity contribution < 1.29 is 15.1 Å². The number of carboxylic acids is 1. The van der Waals surface area contributed by atoms with Gasteiger partial charge in [0.15, 0.2) is 0 Å². The van der Waals surface area contributed by atoms with E-state index in [2.05, 4.69) is 5.16 Å². The molecule has 1 aromatic rings. The second-order valence-corrected chi connectivity index (χ2v) is 2.59. The van der Waals surface area contributed by atoms with Crippen molar-refractivity contribution in [3.63, 3.8) is 0 Å². The Kier molecular flexibility index (Phi) is 3.43. The van der Waals surface area contributed by atoms with Crippen molar-refractivity contribution in [3.8, 4) is 0 Å². The number of carboxylic acid groups (broad SMARTS) is 1. The molecule has 0 fully saturated rings. The van der Waals surface area contributed by atoms with Crippen molar-refractivity contribution in [3.05, 3.63) is 41.5 Å². The summed E-state index contributed by atoms with van der Waals surface area (Å²) in [7, 11) is 0. The second-order valence-electron chi connectivity index (χ2n) is 2.59. The quantitative estimate of drug-likeness (QED) is 0.330. The van der Waals surface area contributed by atoms with Crippen molar-refractivity contribution in [2.45, 2.75) is 0 Å². The van der Waals surface area contributed by atoms with Crippen LogP contribution in [0.5, 0.6) is 0 Å². The first-order valence-corrected chi connectivity index (χ1v) is 3.91. The highest BCUT2D eigenvalue weighted by Crippen LogP contribution is 2.05. The van der Waals surface area contributed by atoms with E-state index in [0.717, 1.165) is 11.6 Å². The molecule has 0 aliphatic heterocycles. The van der Waals surface area contributed by atoms with Gasteiger partial charge in [0, 0.05) is 6.08 Å². The van der Waals surface area contributed by atoms with E-state index in [1.54, 1.807) is 24.3 Å². The maximum absolute atomic E-state index is 10.2. The van der Waals surface area contributed by atoms with Crippen molar-refractivity contribution in [1.82, 2.24) is 0 Å². The molecule has 14 heavy (non-hydrogen) atoms. The molecular formula is C10H9NO3. The van der Waals surface area contributed by atoms with Gasteiger partial charge in [0.25, 0.3) is 0 Å². The van der Waals surface area contributed by atoms with Crippen LogP contribution >= 0.6 is 0 Å². The highest BCUT2D eigenvalue weighted by atomic mass is 16.4. The molecule has 0 atom stereocenters. The largest absolute Gasteiger partial charge is 0.478 e. The Hall–Kier alpha value is -2.10. The molecular weight excluding hydrogens is 182 g/mol. The number of benzene rings is 1. The van der Waals surface area contributed by atoms with Gasteiger partial charge in [0.05, 0.1) is 6.21 Å². The van der Waals surface area contributed by atoms with E-state index in [1.807, 2.05) is 0 Å². The minimum atomic E-state index is -0.994. The molecule has 4 nitrogen and oxygen atoms in total. The van der Waals surface area contributed by atoms with Gasteiger partial charge in [-0.2, -0.15) is 0 Å². The molecule has 0 bridgehead atoms. The number of hydrogen-bond acceptors (Lipinski definition) is 3. The van der Waals surface area contributed by atoms with Crippen LogP contribution in [-0.2, 0) is 4.79 Å². The van der Waals surface area contributed by atoms with Gasteiger partial charge in [-0.1, -0.05) is 23.4 Å². The Labute approximate surface area is 80.8 Å². The van der Waals surface area contributed by atoms with Crippen LogP contribution in [-0.4, -0.2) is 22.5 Å². The van der Waals surface area contributed by atoms with Crippen molar-refractivity contribution in [2.75, 3.05) is 0 Å². The van der Waals surface area contributed by atoms with Gasteiger partial charge in [-0.25, -0.2) is 4.79 Å². The second kappa shape index (κ2) is 4.81. The lowest BCUT2D eigenvalue weighted by Crippen LogP contribution is -1.86. The molecule has 0 unspecified atom stereocenters. The van der Waals surface area contributed by atoms with Gasteiger partial charge >= 0.3 is 5.97 Å². The molecule has 0 aliphatic carbocycles. The van der Waals surface area contributed by atoms with E-state index < -0.39 is 5.97 Å². The number of aliphatic carboxylic acids is 1. The summed E-state index contributed by atoms with van der Waals surface area (Å²) in [6, 6.07) is 6.96. The standard InChI is InChI=1S/C10H9NO3/c12-10(13)5-4-8-2-1-3-9(6-8)7-11-14/h1-7,14H,(H,12,13). The first-order chi connectivity index (χ1) is 6.72. The van der Waals surface area contributed by atoms with E-state index in [0.29, 0.717) is 5.56 Å². The number of hydrogen-bond donors (Lipinski definition) is 2. The Morgan fingerprint density at radius 1 is 1.36 bits per heavy atom. The summed E-state index contributed by atoms with van der Waals surface area (Å²) in [6.45, 7) is 0. The minimum Gasteiger partial charge on any atom is -0.478 e. The molecule has 1 aromatic carbocycles. The monoisotopic (exact) mass is 191 g/mol. The Balaban J connectivity index is 2.88. The predicted molar refractivity (Wildman–Crippen MR) is 52.5 cm³/mol. The molecule has 0 saturated carbocycles. The van der Waals surface area contributed by atoms with Crippen LogP contribution in [0, 0.1) is 0 Å².